The molecule has 0 unspecified atom stereocenters. The number of hydrogen-bond acceptors (Lipinski definition) is 5. The third-order valence-electron chi connectivity index (χ3n) is 7.42. The fraction of sp³-hybridized carbons (Fsp3) is 0.355. The fourth-order valence-corrected chi connectivity index (χ4v) is 6.31. The van der Waals surface area contributed by atoms with E-state index in [1.807, 2.05) is 6.92 Å². The van der Waals surface area contributed by atoms with E-state index in [9.17, 15) is 22.4 Å². The largest absolute Gasteiger partial charge is 0.497 e. The summed E-state index contributed by atoms with van der Waals surface area (Å²) < 4.78 is 48.7. The minimum Gasteiger partial charge on any atom is -0.497 e. The van der Waals surface area contributed by atoms with Crippen molar-refractivity contribution < 1.29 is 27.1 Å². The Balaban J connectivity index is 1.69. The molecule has 0 radical (unpaired) electrons. The lowest BCUT2D eigenvalue weighted by molar-refractivity contribution is -0.139. The zero-order chi connectivity index (χ0) is 29.6. The summed E-state index contributed by atoms with van der Waals surface area (Å²) in [6.45, 7) is 2.66. The maximum absolute atomic E-state index is 14.7. The molecule has 1 saturated carbocycles. The lowest BCUT2D eigenvalue weighted by Crippen LogP contribution is -2.52. The highest BCUT2D eigenvalue weighted by molar-refractivity contribution is 7.92. The zero-order valence-corrected chi connectivity index (χ0v) is 24.4. The van der Waals surface area contributed by atoms with Crippen molar-refractivity contribution in [1.29, 1.82) is 0 Å². The molecule has 41 heavy (non-hydrogen) atoms. The highest BCUT2D eigenvalue weighted by atomic mass is 32.2. The lowest BCUT2D eigenvalue weighted by atomic mass is 10.1. The normalized spacial score (nSPS) is 14.3. The minimum atomic E-state index is -4.21. The first-order valence-corrected chi connectivity index (χ1v) is 15.1. The average molecular weight is 582 g/mol. The predicted octanol–water partition coefficient (Wildman–Crippen LogP) is 4.81. The first kappa shape index (κ1) is 30.0. The van der Waals surface area contributed by atoms with Gasteiger partial charge in [-0.15, -0.1) is 0 Å². The first-order chi connectivity index (χ1) is 19.6. The van der Waals surface area contributed by atoms with Crippen molar-refractivity contribution in [3.05, 3.63) is 89.7 Å². The number of rotatable bonds is 11. The van der Waals surface area contributed by atoms with Gasteiger partial charge < -0.3 is 15.0 Å². The summed E-state index contributed by atoms with van der Waals surface area (Å²) in [7, 11) is -2.73. The number of ether oxygens (including phenoxy) is 1. The predicted molar refractivity (Wildman–Crippen MR) is 156 cm³/mol. The minimum absolute atomic E-state index is 0.0230. The Morgan fingerprint density at radius 1 is 1.00 bits per heavy atom. The molecule has 218 valence electrons. The number of aryl methyl sites for hydroxylation is 1. The van der Waals surface area contributed by atoms with Gasteiger partial charge in [-0.1, -0.05) is 48.7 Å². The van der Waals surface area contributed by atoms with Crippen LogP contribution in [0.2, 0.25) is 0 Å². The Hall–Kier alpha value is -3.92. The van der Waals surface area contributed by atoms with E-state index in [1.54, 1.807) is 49.4 Å². The number of anilines is 1. The topological polar surface area (TPSA) is 96.0 Å². The monoisotopic (exact) mass is 581 g/mol. The van der Waals surface area contributed by atoms with Crippen molar-refractivity contribution >= 4 is 27.5 Å². The second-order valence-corrected chi connectivity index (χ2v) is 12.2. The molecule has 8 nitrogen and oxygen atoms in total. The molecule has 2 amide bonds. The Morgan fingerprint density at radius 3 is 2.24 bits per heavy atom. The SMILES string of the molecule is COc1ccc(S(=O)(=O)N(CC(=O)N(Cc2ccccc2F)[C@H](C)C(=O)NC2CCCC2)c2ccc(C)cc2)cc1. The molecule has 1 N–H and O–H groups in total. The molecule has 0 aliphatic heterocycles. The van der Waals surface area contributed by atoms with Crippen LogP contribution in [-0.2, 0) is 26.2 Å². The summed E-state index contributed by atoms with van der Waals surface area (Å²) in [6, 6.07) is 17.7. The summed E-state index contributed by atoms with van der Waals surface area (Å²) in [6.07, 6.45) is 3.76. The number of sulfonamides is 1. The van der Waals surface area contributed by atoms with Gasteiger partial charge in [0.05, 0.1) is 17.7 Å². The lowest BCUT2D eigenvalue weighted by Gasteiger charge is -2.32. The maximum atomic E-state index is 14.7. The molecule has 0 spiro atoms. The molecule has 0 aromatic heterocycles. The quantitative estimate of drug-likeness (QED) is 0.351. The van der Waals surface area contributed by atoms with Crippen LogP contribution in [0.5, 0.6) is 5.75 Å². The van der Waals surface area contributed by atoms with Crippen LogP contribution in [0, 0.1) is 12.7 Å². The van der Waals surface area contributed by atoms with Gasteiger partial charge in [-0.3, -0.25) is 13.9 Å². The molecule has 1 aliphatic carbocycles. The van der Waals surface area contributed by atoms with Gasteiger partial charge in [0, 0.05) is 18.2 Å². The Kier molecular flexibility index (Phi) is 9.65. The number of nitrogens with one attached hydrogen (secondary N) is 1. The van der Waals surface area contributed by atoms with Gasteiger partial charge in [-0.05, 0) is 69.2 Å². The van der Waals surface area contributed by atoms with Gasteiger partial charge in [-0.25, -0.2) is 12.8 Å². The molecule has 4 rings (SSSR count). The number of carbonyl (C=O) groups is 2. The number of nitrogens with zero attached hydrogens (tertiary/aromatic N) is 2. The van der Waals surface area contributed by atoms with Crippen molar-refractivity contribution in [2.45, 2.75) is 63.1 Å². The Labute approximate surface area is 241 Å². The maximum Gasteiger partial charge on any atom is 0.264 e. The van der Waals surface area contributed by atoms with Gasteiger partial charge in [0.1, 0.15) is 24.2 Å². The summed E-state index contributed by atoms with van der Waals surface area (Å²) in [5.41, 5.74) is 1.43. The number of carbonyl (C=O) groups excluding carboxylic acids is 2. The van der Waals surface area contributed by atoms with E-state index in [4.69, 9.17) is 4.74 Å². The van der Waals surface area contributed by atoms with E-state index >= 15 is 0 Å². The fourth-order valence-electron chi connectivity index (χ4n) is 4.90. The van der Waals surface area contributed by atoms with Crippen LogP contribution in [0.1, 0.15) is 43.7 Å². The van der Waals surface area contributed by atoms with Crippen molar-refractivity contribution in [3.63, 3.8) is 0 Å². The van der Waals surface area contributed by atoms with Gasteiger partial charge in [0.2, 0.25) is 11.8 Å². The average Bonchev–Trinajstić information content (AvgIpc) is 3.48. The van der Waals surface area contributed by atoms with Crippen LogP contribution >= 0.6 is 0 Å². The van der Waals surface area contributed by atoms with Crippen molar-refractivity contribution in [1.82, 2.24) is 10.2 Å². The van der Waals surface area contributed by atoms with Gasteiger partial charge >= 0.3 is 0 Å². The third kappa shape index (κ3) is 7.24. The molecule has 1 atom stereocenters. The third-order valence-corrected chi connectivity index (χ3v) is 9.20. The van der Waals surface area contributed by atoms with Crippen LogP contribution in [0.4, 0.5) is 10.1 Å². The molecule has 1 fully saturated rings. The summed E-state index contributed by atoms with van der Waals surface area (Å²) >= 11 is 0. The van der Waals surface area contributed by atoms with Gasteiger partial charge in [0.25, 0.3) is 10.0 Å². The molecule has 0 bridgehead atoms. The second-order valence-electron chi connectivity index (χ2n) is 10.3. The molecule has 10 heteroatoms. The molecule has 3 aromatic carbocycles. The summed E-state index contributed by atoms with van der Waals surface area (Å²) in [4.78, 5) is 28.4. The van der Waals surface area contributed by atoms with Crippen molar-refractivity contribution in [3.8, 4) is 5.75 Å². The number of benzene rings is 3. The number of halogens is 1. The summed E-state index contributed by atoms with van der Waals surface area (Å²) in [5.74, 6) is -1.03. The Morgan fingerprint density at radius 2 is 1.63 bits per heavy atom. The van der Waals surface area contributed by atoms with Crippen molar-refractivity contribution in [2.75, 3.05) is 18.0 Å². The number of amides is 2. The van der Waals surface area contributed by atoms with Gasteiger partial charge in [0.15, 0.2) is 0 Å². The van der Waals surface area contributed by atoms with Crippen LogP contribution in [0.15, 0.2) is 77.7 Å². The molecule has 0 heterocycles. The summed E-state index contributed by atoms with van der Waals surface area (Å²) in [5, 5.41) is 3.00. The first-order valence-electron chi connectivity index (χ1n) is 13.7. The van der Waals surface area contributed by atoms with E-state index in [-0.39, 0.29) is 34.6 Å². The molecule has 3 aromatic rings. The molecule has 1 aliphatic rings. The molecular formula is C31H36FN3O5S. The second kappa shape index (κ2) is 13.2. The number of methoxy groups -OCH3 is 1. The van der Waals surface area contributed by atoms with Crippen LogP contribution in [0.25, 0.3) is 0 Å². The van der Waals surface area contributed by atoms with E-state index < -0.39 is 34.3 Å². The Bertz CT molecular complexity index is 1460. The van der Waals surface area contributed by atoms with Crippen LogP contribution in [0.3, 0.4) is 0 Å². The van der Waals surface area contributed by atoms with E-state index in [2.05, 4.69) is 5.32 Å². The molecular weight excluding hydrogens is 545 g/mol. The van der Waals surface area contributed by atoms with Crippen molar-refractivity contribution in [2.24, 2.45) is 0 Å². The molecule has 0 saturated heterocycles. The zero-order valence-electron chi connectivity index (χ0n) is 23.5. The standard InChI is InChI=1S/C31H36FN3O5S/c1-22-12-14-26(15-13-22)35(41(38,39)28-18-16-27(40-3)17-19-28)21-30(36)34(20-24-8-4-7-11-29(24)32)23(2)31(37)33-25-9-5-6-10-25/h4,7-8,11-19,23,25H,5-6,9-10,20-21H2,1-3H3,(H,33,37)/t23-/m1/s1. The van der Waals surface area contributed by atoms with E-state index in [0.29, 0.717) is 5.75 Å². The van der Waals surface area contributed by atoms with Crippen LogP contribution in [-0.4, -0.2) is 50.9 Å². The highest BCUT2D eigenvalue weighted by Gasteiger charge is 2.33. The van der Waals surface area contributed by atoms with Crippen LogP contribution < -0.4 is 14.4 Å². The highest BCUT2D eigenvalue weighted by Crippen LogP contribution is 2.27. The smallest absolute Gasteiger partial charge is 0.264 e. The number of hydrogen-bond donors (Lipinski definition) is 1. The van der Waals surface area contributed by atoms with Gasteiger partial charge in [-0.2, -0.15) is 0 Å². The van der Waals surface area contributed by atoms with E-state index in [1.165, 1.54) is 42.3 Å². The van der Waals surface area contributed by atoms with E-state index in [0.717, 1.165) is 35.6 Å².